The van der Waals surface area contributed by atoms with Gasteiger partial charge in [0.05, 0.1) is 18.2 Å². The summed E-state index contributed by atoms with van der Waals surface area (Å²) in [5.74, 6) is -0.855. The molecule has 0 amide bonds. The summed E-state index contributed by atoms with van der Waals surface area (Å²) in [4.78, 5) is 24.5. The third-order valence-electron chi connectivity index (χ3n) is 4.23. The van der Waals surface area contributed by atoms with E-state index in [-0.39, 0.29) is 11.7 Å². The van der Waals surface area contributed by atoms with Crippen molar-refractivity contribution in [2.24, 2.45) is 5.73 Å². The van der Waals surface area contributed by atoms with Crippen LogP contribution >= 0.6 is 0 Å². The highest BCUT2D eigenvalue weighted by atomic mass is 16.5. The third-order valence-corrected chi connectivity index (χ3v) is 4.23. The van der Waals surface area contributed by atoms with Gasteiger partial charge in [-0.3, -0.25) is 4.79 Å². The molecule has 2 aromatic carbocycles. The van der Waals surface area contributed by atoms with Crippen LogP contribution in [0.5, 0.6) is 0 Å². The van der Waals surface area contributed by atoms with Gasteiger partial charge in [-0.05, 0) is 24.6 Å². The van der Waals surface area contributed by atoms with Gasteiger partial charge < -0.3 is 10.5 Å². The molecular formula is C19H21NO3. The van der Waals surface area contributed by atoms with E-state index in [1.165, 1.54) is 13.2 Å². The maximum Gasteiger partial charge on any atom is 0.337 e. The van der Waals surface area contributed by atoms with Gasteiger partial charge in [-0.1, -0.05) is 49.4 Å². The number of carbonyl (C=O) groups is 2. The first-order valence-corrected chi connectivity index (χ1v) is 7.45. The molecule has 0 aliphatic carbocycles. The monoisotopic (exact) mass is 311 g/mol. The molecule has 0 radical (unpaired) electrons. The molecule has 4 nitrogen and oxygen atoms in total. The van der Waals surface area contributed by atoms with E-state index in [0.717, 1.165) is 5.56 Å². The van der Waals surface area contributed by atoms with Crippen molar-refractivity contribution in [3.63, 3.8) is 0 Å². The molecule has 0 aromatic heterocycles. The van der Waals surface area contributed by atoms with Crippen LogP contribution in [0.2, 0.25) is 0 Å². The topological polar surface area (TPSA) is 69.4 Å². The lowest BCUT2D eigenvalue weighted by Crippen LogP contribution is -2.49. The number of ether oxygens (including phenoxy) is 1. The zero-order valence-corrected chi connectivity index (χ0v) is 13.6. The van der Waals surface area contributed by atoms with Crippen LogP contribution in [0.25, 0.3) is 0 Å². The van der Waals surface area contributed by atoms with Crippen molar-refractivity contribution in [3.8, 4) is 0 Å². The first-order valence-electron chi connectivity index (χ1n) is 7.45. The molecule has 0 saturated heterocycles. The Hall–Kier alpha value is -2.46. The minimum atomic E-state index is -1.09. The van der Waals surface area contributed by atoms with Gasteiger partial charge in [-0.25, -0.2) is 4.79 Å². The number of carbonyl (C=O) groups excluding carboxylic acids is 2. The maximum atomic E-state index is 12.9. The van der Waals surface area contributed by atoms with Gasteiger partial charge in [0.2, 0.25) is 0 Å². The number of Topliss-reactive ketones (excluding diaryl/α,β-unsaturated/α-hetero) is 1. The Kier molecular flexibility index (Phi) is 4.96. The average molecular weight is 311 g/mol. The van der Waals surface area contributed by atoms with Crippen LogP contribution in [0.1, 0.15) is 46.0 Å². The molecule has 120 valence electrons. The minimum Gasteiger partial charge on any atom is -0.465 e. The molecule has 2 aromatic rings. The molecule has 2 N–H and O–H groups in total. The minimum absolute atomic E-state index is 0.169. The molecule has 0 fully saturated rings. The first kappa shape index (κ1) is 16.9. The van der Waals surface area contributed by atoms with E-state index >= 15 is 0 Å². The summed E-state index contributed by atoms with van der Waals surface area (Å²) in [6, 6.07) is 16.1. The highest BCUT2D eigenvalue weighted by molar-refractivity contribution is 6.05. The summed E-state index contributed by atoms with van der Waals surface area (Å²) in [5.41, 5.74) is 7.01. The first-order chi connectivity index (χ1) is 10.9. The van der Waals surface area contributed by atoms with E-state index in [1.54, 1.807) is 25.1 Å². The Bertz CT molecular complexity index is 708. The zero-order valence-electron chi connectivity index (χ0n) is 13.6. The van der Waals surface area contributed by atoms with Crippen LogP contribution in [0.3, 0.4) is 0 Å². The second kappa shape index (κ2) is 6.75. The fourth-order valence-corrected chi connectivity index (χ4v) is 2.50. The lowest BCUT2D eigenvalue weighted by atomic mass is 9.77. The summed E-state index contributed by atoms with van der Waals surface area (Å²) >= 11 is 0. The lowest BCUT2D eigenvalue weighted by molar-refractivity contribution is 0.0600. The molecule has 4 heteroatoms. The Morgan fingerprint density at radius 2 is 1.65 bits per heavy atom. The number of nitrogens with two attached hydrogens (primary N) is 1. The summed E-state index contributed by atoms with van der Waals surface area (Å²) in [6.45, 7) is 3.65. The molecule has 2 atom stereocenters. The van der Waals surface area contributed by atoms with E-state index < -0.39 is 11.5 Å². The summed E-state index contributed by atoms with van der Waals surface area (Å²) < 4.78 is 4.69. The van der Waals surface area contributed by atoms with Crippen LogP contribution in [0, 0.1) is 0 Å². The van der Waals surface area contributed by atoms with Crippen LogP contribution < -0.4 is 5.73 Å². The van der Waals surface area contributed by atoms with E-state index in [2.05, 4.69) is 0 Å². The van der Waals surface area contributed by atoms with Gasteiger partial charge in [-0.15, -0.1) is 0 Å². The summed E-state index contributed by atoms with van der Waals surface area (Å²) in [7, 11) is 1.31. The SMILES string of the molecule is COC(=O)c1cccc(C(=O)C(C)(N)C(C)c2ccccc2)c1. The van der Waals surface area contributed by atoms with Crippen LogP contribution in [0.15, 0.2) is 54.6 Å². The molecule has 23 heavy (non-hydrogen) atoms. The van der Waals surface area contributed by atoms with E-state index in [9.17, 15) is 9.59 Å². The zero-order chi connectivity index (χ0) is 17.0. The smallest absolute Gasteiger partial charge is 0.337 e. The molecule has 0 bridgehead atoms. The molecule has 2 unspecified atom stereocenters. The van der Waals surface area contributed by atoms with Gasteiger partial charge in [0.1, 0.15) is 0 Å². The number of rotatable bonds is 5. The van der Waals surface area contributed by atoms with Gasteiger partial charge in [0, 0.05) is 11.5 Å². The number of hydrogen-bond donors (Lipinski definition) is 1. The largest absolute Gasteiger partial charge is 0.465 e. The van der Waals surface area contributed by atoms with Gasteiger partial charge in [0.15, 0.2) is 5.78 Å². The van der Waals surface area contributed by atoms with E-state index in [4.69, 9.17) is 10.5 Å². The Labute approximate surface area is 136 Å². The fourth-order valence-electron chi connectivity index (χ4n) is 2.50. The highest BCUT2D eigenvalue weighted by Crippen LogP contribution is 2.29. The number of esters is 1. The predicted octanol–water partition coefficient (Wildman–Crippen LogP) is 3.18. The molecule has 0 aliphatic heterocycles. The summed E-state index contributed by atoms with van der Waals surface area (Å²) in [5, 5.41) is 0. The average Bonchev–Trinajstić information content (AvgIpc) is 2.60. The van der Waals surface area contributed by atoms with Gasteiger partial charge in [0.25, 0.3) is 0 Å². The van der Waals surface area contributed by atoms with E-state index in [1.807, 2.05) is 37.3 Å². The van der Waals surface area contributed by atoms with Crippen LogP contribution in [-0.2, 0) is 4.74 Å². The van der Waals surface area contributed by atoms with E-state index in [0.29, 0.717) is 11.1 Å². The van der Waals surface area contributed by atoms with Crippen molar-refractivity contribution < 1.29 is 14.3 Å². The van der Waals surface area contributed by atoms with Crippen LogP contribution in [0.4, 0.5) is 0 Å². The Balaban J connectivity index is 2.33. The van der Waals surface area contributed by atoms with Crippen molar-refractivity contribution in [2.75, 3.05) is 7.11 Å². The third kappa shape index (κ3) is 3.48. The quantitative estimate of drug-likeness (QED) is 0.680. The van der Waals surface area contributed by atoms with Crippen molar-refractivity contribution in [1.82, 2.24) is 0 Å². The van der Waals surface area contributed by atoms with Crippen LogP contribution in [-0.4, -0.2) is 24.4 Å². The standard InChI is InChI=1S/C19H21NO3/c1-13(14-8-5-4-6-9-14)19(2,20)17(21)15-10-7-11-16(12-15)18(22)23-3/h4-13H,20H2,1-3H3. The maximum absolute atomic E-state index is 12.9. The lowest BCUT2D eigenvalue weighted by Gasteiger charge is -2.30. The number of ketones is 1. The molecule has 0 spiro atoms. The van der Waals surface area contributed by atoms with Crippen molar-refractivity contribution in [2.45, 2.75) is 25.3 Å². The predicted molar refractivity (Wildman–Crippen MR) is 89.6 cm³/mol. The van der Waals surface area contributed by atoms with Gasteiger partial charge in [-0.2, -0.15) is 0 Å². The van der Waals surface area contributed by atoms with Gasteiger partial charge >= 0.3 is 5.97 Å². The number of hydrogen-bond acceptors (Lipinski definition) is 4. The Morgan fingerprint density at radius 3 is 2.26 bits per heavy atom. The second-order valence-electron chi connectivity index (χ2n) is 5.82. The molecule has 0 heterocycles. The molecule has 0 saturated carbocycles. The van der Waals surface area contributed by atoms with Crippen molar-refractivity contribution in [1.29, 1.82) is 0 Å². The number of methoxy groups -OCH3 is 1. The fraction of sp³-hybridized carbons (Fsp3) is 0.263. The number of benzene rings is 2. The molecule has 0 aliphatic rings. The van der Waals surface area contributed by atoms with Crippen molar-refractivity contribution in [3.05, 3.63) is 71.3 Å². The summed E-state index contributed by atoms with van der Waals surface area (Å²) in [6.07, 6.45) is 0. The second-order valence-corrected chi connectivity index (χ2v) is 5.82. The normalized spacial score (nSPS) is 14.6. The Morgan fingerprint density at radius 1 is 1.04 bits per heavy atom. The van der Waals surface area contributed by atoms with Crippen molar-refractivity contribution >= 4 is 11.8 Å². The molecule has 2 rings (SSSR count). The molecular weight excluding hydrogens is 290 g/mol. The highest BCUT2D eigenvalue weighted by Gasteiger charge is 2.36.